The van der Waals surface area contributed by atoms with E-state index in [1.54, 1.807) is 0 Å². The van der Waals surface area contributed by atoms with Crippen molar-refractivity contribution in [3.8, 4) is 11.3 Å². The van der Waals surface area contributed by atoms with Crippen molar-refractivity contribution in [2.75, 3.05) is 38.0 Å². The van der Waals surface area contributed by atoms with E-state index in [1.807, 2.05) is 6.92 Å². The first kappa shape index (κ1) is 24.7. The summed E-state index contributed by atoms with van der Waals surface area (Å²) in [6.07, 6.45) is 0. The van der Waals surface area contributed by atoms with E-state index in [9.17, 15) is 22.0 Å². The largest absolute Gasteiger partial charge is 0.301 e. The summed E-state index contributed by atoms with van der Waals surface area (Å²) in [6, 6.07) is 6.98. The van der Waals surface area contributed by atoms with Crippen LogP contribution in [0.25, 0.3) is 11.3 Å². The van der Waals surface area contributed by atoms with Crippen LogP contribution in [0.1, 0.15) is 17.3 Å². The quantitative estimate of drug-likeness (QED) is 0.517. The van der Waals surface area contributed by atoms with Crippen molar-refractivity contribution in [3.05, 3.63) is 64.0 Å². The molecule has 1 saturated heterocycles. The number of hydrogen-bond donors (Lipinski definition) is 1. The Kier molecular flexibility index (Phi) is 7.29. The van der Waals surface area contributed by atoms with Gasteiger partial charge in [0.15, 0.2) is 5.13 Å². The molecule has 1 aromatic heterocycles. The molecule has 1 amide bonds. The first-order valence-electron chi connectivity index (χ1n) is 10.4. The molecule has 34 heavy (non-hydrogen) atoms. The maximum absolute atomic E-state index is 14.0. The Balaban J connectivity index is 1.54. The number of thiazole rings is 1. The summed E-state index contributed by atoms with van der Waals surface area (Å²) in [7, 11) is -3.80. The Bertz CT molecular complexity index is 1330. The van der Waals surface area contributed by atoms with Crippen LogP contribution in [0.2, 0.25) is 5.02 Å². The van der Waals surface area contributed by atoms with Crippen molar-refractivity contribution in [3.63, 3.8) is 0 Å². The molecule has 0 spiro atoms. The number of halogens is 3. The smallest absolute Gasteiger partial charge is 0.259 e. The van der Waals surface area contributed by atoms with Crippen molar-refractivity contribution in [1.29, 1.82) is 0 Å². The molecule has 1 fully saturated rings. The molecule has 1 N–H and O–H groups in total. The molecule has 0 aliphatic carbocycles. The average Bonchev–Trinajstić information content (AvgIpc) is 3.28. The number of likely N-dealkylation sites (N-methyl/N-ethyl adjacent to an activating group) is 1. The highest BCUT2D eigenvalue weighted by Crippen LogP contribution is 2.29. The number of nitrogens with zero attached hydrogens (tertiary/aromatic N) is 3. The van der Waals surface area contributed by atoms with Gasteiger partial charge in [0.2, 0.25) is 10.0 Å². The molecule has 12 heteroatoms. The Labute approximate surface area is 205 Å². The zero-order valence-corrected chi connectivity index (χ0v) is 20.5. The van der Waals surface area contributed by atoms with Crippen molar-refractivity contribution in [2.24, 2.45) is 0 Å². The Hall–Kier alpha value is -2.44. The number of sulfonamides is 1. The standard InChI is InChI=1S/C22H21ClF2N4O3S2/c1-2-28-7-9-29(10-8-28)34(31,32)15-4-5-18(23)16(12-15)21(30)27-22-26-20(13-33-22)17-11-14(24)3-6-19(17)25/h3-6,11-13H,2,7-10H2,1H3,(H,26,27,30). The zero-order valence-electron chi connectivity index (χ0n) is 18.1. The highest BCUT2D eigenvalue weighted by atomic mass is 35.5. The topological polar surface area (TPSA) is 82.6 Å². The lowest BCUT2D eigenvalue weighted by molar-refractivity contribution is 0.102. The van der Waals surface area contributed by atoms with E-state index in [-0.39, 0.29) is 31.9 Å². The van der Waals surface area contributed by atoms with Gasteiger partial charge in [0, 0.05) is 37.1 Å². The summed E-state index contributed by atoms with van der Waals surface area (Å²) in [5.74, 6) is -1.93. The van der Waals surface area contributed by atoms with Crippen LogP contribution >= 0.6 is 22.9 Å². The van der Waals surface area contributed by atoms with Gasteiger partial charge in [0.05, 0.1) is 21.2 Å². The number of carbonyl (C=O) groups excluding carboxylic acids is 1. The van der Waals surface area contributed by atoms with Gasteiger partial charge in [-0.05, 0) is 42.9 Å². The van der Waals surface area contributed by atoms with E-state index in [0.717, 1.165) is 36.1 Å². The van der Waals surface area contributed by atoms with E-state index >= 15 is 0 Å². The predicted octanol–water partition coefficient (Wildman–Crippen LogP) is 4.32. The number of benzene rings is 2. The molecule has 0 radical (unpaired) electrons. The van der Waals surface area contributed by atoms with Gasteiger partial charge in [0.25, 0.3) is 5.91 Å². The molecule has 3 aromatic rings. The van der Waals surface area contributed by atoms with Gasteiger partial charge in [0.1, 0.15) is 11.6 Å². The fourth-order valence-electron chi connectivity index (χ4n) is 3.59. The summed E-state index contributed by atoms with van der Waals surface area (Å²) < 4.78 is 55.1. The molecule has 0 bridgehead atoms. The Morgan fingerprint density at radius 3 is 2.59 bits per heavy atom. The van der Waals surface area contributed by atoms with E-state index in [2.05, 4.69) is 15.2 Å². The van der Waals surface area contributed by atoms with Crippen molar-refractivity contribution in [1.82, 2.24) is 14.2 Å². The van der Waals surface area contributed by atoms with E-state index in [0.29, 0.717) is 26.2 Å². The second kappa shape index (κ2) is 10.0. The van der Waals surface area contributed by atoms with Crippen LogP contribution in [-0.2, 0) is 10.0 Å². The third kappa shape index (κ3) is 5.13. The van der Waals surface area contributed by atoms with Crippen LogP contribution in [-0.4, -0.2) is 61.2 Å². The molecule has 2 heterocycles. The number of hydrogen-bond acceptors (Lipinski definition) is 6. The number of piperazine rings is 1. The summed E-state index contributed by atoms with van der Waals surface area (Å²) >= 11 is 7.20. The van der Waals surface area contributed by atoms with E-state index in [4.69, 9.17) is 11.6 Å². The summed E-state index contributed by atoms with van der Waals surface area (Å²) in [5, 5.41) is 4.22. The van der Waals surface area contributed by atoms with Crippen LogP contribution in [0, 0.1) is 11.6 Å². The summed E-state index contributed by atoms with van der Waals surface area (Å²) in [5.41, 5.74) is 0.0839. The van der Waals surface area contributed by atoms with Crippen LogP contribution < -0.4 is 5.32 Å². The molecule has 7 nitrogen and oxygen atoms in total. The highest BCUT2D eigenvalue weighted by molar-refractivity contribution is 7.89. The van der Waals surface area contributed by atoms with Crippen LogP contribution in [0.15, 0.2) is 46.7 Å². The number of aromatic nitrogens is 1. The van der Waals surface area contributed by atoms with E-state index < -0.39 is 27.6 Å². The monoisotopic (exact) mass is 526 g/mol. The lowest BCUT2D eigenvalue weighted by Crippen LogP contribution is -2.48. The zero-order chi connectivity index (χ0) is 24.5. The van der Waals surface area contributed by atoms with Gasteiger partial charge in [-0.15, -0.1) is 11.3 Å². The minimum absolute atomic E-state index is 0.0336. The van der Waals surface area contributed by atoms with E-state index in [1.165, 1.54) is 27.9 Å². The molecule has 4 rings (SSSR count). The molecular weight excluding hydrogens is 506 g/mol. The second-order valence-corrected chi connectivity index (χ2v) is 10.8. The first-order valence-corrected chi connectivity index (χ1v) is 13.1. The number of amides is 1. The van der Waals surface area contributed by atoms with Crippen LogP contribution in [0.5, 0.6) is 0 Å². The minimum Gasteiger partial charge on any atom is -0.301 e. The number of nitrogens with one attached hydrogen (secondary N) is 1. The van der Waals surface area contributed by atoms with Crippen LogP contribution in [0.4, 0.5) is 13.9 Å². The number of carbonyl (C=O) groups is 1. The SMILES string of the molecule is CCN1CCN(S(=O)(=O)c2ccc(Cl)c(C(=O)Nc3nc(-c4cc(F)ccc4F)cs3)c2)CC1. The number of rotatable bonds is 6. The maximum Gasteiger partial charge on any atom is 0.259 e. The van der Waals surface area contributed by atoms with Gasteiger partial charge >= 0.3 is 0 Å². The van der Waals surface area contributed by atoms with Crippen molar-refractivity contribution < 1.29 is 22.0 Å². The molecule has 0 saturated carbocycles. The summed E-state index contributed by atoms with van der Waals surface area (Å²) in [4.78, 5) is 19.1. The lowest BCUT2D eigenvalue weighted by Gasteiger charge is -2.33. The molecule has 2 aromatic carbocycles. The molecule has 0 unspecified atom stereocenters. The van der Waals surface area contributed by atoms with Crippen LogP contribution in [0.3, 0.4) is 0 Å². The predicted molar refractivity (Wildman–Crippen MR) is 128 cm³/mol. The molecule has 1 aliphatic rings. The fourth-order valence-corrected chi connectivity index (χ4v) is 5.95. The highest BCUT2D eigenvalue weighted by Gasteiger charge is 2.29. The first-order chi connectivity index (χ1) is 16.2. The third-order valence-electron chi connectivity index (χ3n) is 5.53. The average molecular weight is 527 g/mol. The summed E-state index contributed by atoms with van der Waals surface area (Å²) in [6.45, 7) is 4.86. The van der Waals surface area contributed by atoms with Gasteiger partial charge in [-0.3, -0.25) is 10.1 Å². The van der Waals surface area contributed by atoms with Crippen molar-refractivity contribution >= 4 is 44.0 Å². The normalized spacial score (nSPS) is 15.4. The number of anilines is 1. The van der Waals surface area contributed by atoms with Gasteiger partial charge in [-0.1, -0.05) is 18.5 Å². The Morgan fingerprint density at radius 1 is 1.15 bits per heavy atom. The molecule has 1 aliphatic heterocycles. The maximum atomic E-state index is 14.0. The van der Waals surface area contributed by atoms with Crippen molar-refractivity contribution in [2.45, 2.75) is 11.8 Å². The van der Waals surface area contributed by atoms with Gasteiger partial charge in [-0.25, -0.2) is 22.2 Å². The molecular formula is C22H21ClF2N4O3S2. The Morgan fingerprint density at radius 2 is 1.88 bits per heavy atom. The molecule has 0 atom stereocenters. The fraction of sp³-hybridized carbons (Fsp3) is 0.273. The van der Waals surface area contributed by atoms with Gasteiger partial charge in [-0.2, -0.15) is 4.31 Å². The van der Waals surface area contributed by atoms with Gasteiger partial charge < -0.3 is 4.90 Å². The minimum atomic E-state index is -3.80. The second-order valence-electron chi connectivity index (χ2n) is 7.60. The lowest BCUT2D eigenvalue weighted by atomic mass is 10.1. The third-order valence-corrected chi connectivity index (χ3v) is 8.51. The molecule has 180 valence electrons.